The number of carbonyl (C=O) groups is 2. The number of hydrogen-bond acceptors (Lipinski definition) is 3. The van der Waals surface area contributed by atoms with E-state index in [1.54, 1.807) is 6.92 Å². The predicted octanol–water partition coefficient (Wildman–Crippen LogP) is 0.413. The Morgan fingerprint density at radius 1 is 1.22 bits per heavy atom. The molecule has 0 aliphatic carbocycles. The highest BCUT2D eigenvalue weighted by atomic mass is 19.1. The maximum Gasteiger partial charge on any atom is 0.254 e. The van der Waals surface area contributed by atoms with Crippen molar-refractivity contribution in [3.8, 4) is 0 Å². The van der Waals surface area contributed by atoms with Crippen molar-refractivity contribution >= 4 is 17.5 Å². The van der Waals surface area contributed by atoms with Gasteiger partial charge >= 0.3 is 0 Å². The Kier molecular flexibility index (Phi) is 4.59. The molecule has 0 bridgehead atoms. The van der Waals surface area contributed by atoms with E-state index < -0.39 is 29.0 Å². The summed E-state index contributed by atoms with van der Waals surface area (Å²) in [4.78, 5) is 22.6. The van der Waals surface area contributed by atoms with E-state index in [1.807, 2.05) is 0 Å². The third-order valence-electron chi connectivity index (χ3n) is 2.11. The van der Waals surface area contributed by atoms with E-state index in [9.17, 15) is 18.4 Å². The minimum atomic E-state index is -1.03. The monoisotopic (exact) mass is 257 g/mol. The standard InChI is InChI=1S/C11H13F2N3O2/c1-2-15-10(17)5-16-11(18)6-3-9(14)8(13)4-7(6)12/h3-4H,2,5,14H2,1H3,(H,15,17)(H,16,18). The molecule has 7 heteroatoms. The van der Waals surface area contributed by atoms with Crippen LogP contribution in [0.2, 0.25) is 0 Å². The molecule has 0 saturated heterocycles. The average Bonchev–Trinajstić information content (AvgIpc) is 2.31. The first-order valence-corrected chi connectivity index (χ1v) is 5.25. The number of anilines is 1. The molecule has 0 aliphatic rings. The molecule has 4 N–H and O–H groups in total. The van der Waals surface area contributed by atoms with E-state index in [0.717, 1.165) is 6.07 Å². The Morgan fingerprint density at radius 3 is 2.50 bits per heavy atom. The van der Waals surface area contributed by atoms with Crippen LogP contribution in [-0.2, 0) is 4.79 Å². The van der Waals surface area contributed by atoms with E-state index >= 15 is 0 Å². The third-order valence-corrected chi connectivity index (χ3v) is 2.11. The van der Waals surface area contributed by atoms with Gasteiger partial charge in [-0.25, -0.2) is 8.78 Å². The largest absolute Gasteiger partial charge is 0.396 e. The summed E-state index contributed by atoms with van der Waals surface area (Å²) >= 11 is 0. The van der Waals surface area contributed by atoms with Gasteiger partial charge in [-0.05, 0) is 13.0 Å². The fourth-order valence-electron chi connectivity index (χ4n) is 1.26. The first-order chi connectivity index (χ1) is 8.45. The second-order valence-electron chi connectivity index (χ2n) is 3.49. The highest BCUT2D eigenvalue weighted by Crippen LogP contribution is 2.16. The molecule has 0 atom stereocenters. The zero-order chi connectivity index (χ0) is 13.7. The zero-order valence-electron chi connectivity index (χ0n) is 9.72. The van der Waals surface area contributed by atoms with E-state index in [1.165, 1.54) is 0 Å². The molecule has 1 aromatic carbocycles. The van der Waals surface area contributed by atoms with E-state index in [4.69, 9.17) is 5.73 Å². The molecular formula is C11H13F2N3O2. The van der Waals surface area contributed by atoms with Crippen molar-refractivity contribution in [2.75, 3.05) is 18.8 Å². The van der Waals surface area contributed by atoms with Gasteiger partial charge in [0.1, 0.15) is 11.6 Å². The molecule has 0 radical (unpaired) electrons. The summed E-state index contributed by atoms with van der Waals surface area (Å²) in [5.41, 5.74) is 4.49. The Balaban J connectivity index is 2.73. The number of likely N-dealkylation sites (N-methyl/N-ethyl adjacent to an activating group) is 1. The topological polar surface area (TPSA) is 84.2 Å². The van der Waals surface area contributed by atoms with Gasteiger partial charge in [-0.3, -0.25) is 9.59 Å². The molecule has 5 nitrogen and oxygen atoms in total. The normalized spacial score (nSPS) is 9.94. The number of nitrogens with one attached hydrogen (secondary N) is 2. The van der Waals surface area contributed by atoms with Crippen LogP contribution in [0.25, 0.3) is 0 Å². The van der Waals surface area contributed by atoms with Crippen LogP contribution in [0.3, 0.4) is 0 Å². The van der Waals surface area contributed by atoms with Crippen LogP contribution < -0.4 is 16.4 Å². The van der Waals surface area contributed by atoms with Crippen molar-refractivity contribution in [2.24, 2.45) is 0 Å². The highest BCUT2D eigenvalue weighted by Gasteiger charge is 2.15. The van der Waals surface area contributed by atoms with Crippen LogP contribution in [-0.4, -0.2) is 24.9 Å². The molecule has 0 saturated carbocycles. The van der Waals surface area contributed by atoms with Crippen LogP contribution in [0.1, 0.15) is 17.3 Å². The smallest absolute Gasteiger partial charge is 0.254 e. The van der Waals surface area contributed by atoms with Crippen LogP contribution in [0.4, 0.5) is 14.5 Å². The first kappa shape index (κ1) is 13.9. The van der Waals surface area contributed by atoms with Crippen molar-refractivity contribution in [2.45, 2.75) is 6.92 Å². The molecule has 0 aliphatic heterocycles. The predicted molar refractivity (Wildman–Crippen MR) is 61.8 cm³/mol. The van der Waals surface area contributed by atoms with E-state index in [-0.39, 0.29) is 12.2 Å². The van der Waals surface area contributed by atoms with Crippen molar-refractivity contribution in [3.05, 3.63) is 29.3 Å². The fourth-order valence-corrected chi connectivity index (χ4v) is 1.26. The maximum absolute atomic E-state index is 13.3. The number of benzene rings is 1. The molecule has 0 aromatic heterocycles. The molecular weight excluding hydrogens is 244 g/mol. The van der Waals surface area contributed by atoms with Gasteiger partial charge in [0.25, 0.3) is 5.91 Å². The molecule has 2 amide bonds. The SMILES string of the molecule is CCNC(=O)CNC(=O)c1cc(N)c(F)cc1F. The van der Waals surface area contributed by atoms with Gasteiger partial charge in [-0.1, -0.05) is 0 Å². The summed E-state index contributed by atoms with van der Waals surface area (Å²) < 4.78 is 26.2. The van der Waals surface area contributed by atoms with Gasteiger partial charge in [0.05, 0.1) is 17.8 Å². The van der Waals surface area contributed by atoms with Crippen molar-refractivity contribution in [1.29, 1.82) is 0 Å². The lowest BCUT2D eigenvalue weighted by atomic mass is 10.1. The molecule has 18 heavy (non-hydrogen) atoms. The van der Waals surface area contributed by atoms with E-state index in [2.05, 4.69) is 10.6 Å². The Morgan fingerprint density at radius 2 is 1.89 bits per heavy atom. The zero-order valence-corrected chi connectivity index (χ0v) is 9.72. The van der Waals surface area contributed by atoms with Crippen molar-refractivity contribution in [3.63, 3.8) is 0 Å². The van der Waals surface area contributed by atoms with Crippen LogP contribution in [0.5, 0.6) is 0 Å². The van der Waals surface area contributed by atoms with Crippen LogP contribution in [0, 0.1) is 11.6 Å². The number of halogens is 2. The fraction of sp³-hybridized carbons (Fsp3) is 0.273. The number of nitrogen functional groups attached to an aromatic ring is 1. The summed E-state index contributed by atoms with van der Waals surface area (Å²) in [5.74, 6) is -3.20. The third kappa shape index (κ3) is 3.41. The second-order valence-corrected chi connectivity index (χ2v) is 3.49. The number of hydrogen-bond donors (Lipinski definition) is 3. The summed E-state index contributed by atoms with van der Waals surface area (Å²) in [7, 11) is 0. The van der Waals surface area contributed by atoms with Crippen molar-refractivity contribution < 1.29 is 18.4 Å². The maximum atomic E-state index is 13.3. The lowest BCUT2D eigenvalue weighted by Gasteiger charge is -2.07. The van der Waals surface area contributed by atoms with Gasteiger partial charge in [0.2, 0.25) is 5.91 Å². The minimum Gasteiger partial charge on any atom is -0.396 e. The molecule has 0 unspecified atom stereocenters. The summed E-state index contributed by atoms with van der Waals surface area (Å²) in [6.45, 7) is 1.86. The number of carbonyl (C=O) groups excluding carboxylic acids is 2. The summed E-state index contributed by atoms with van der Waals surface area (Å²) in [6, 6.07) is 1.41. The van der Waals surface area contributed by atoms with Crippen LogP contribution >= 0.6 is 0 Å². The van der Waals surface area contributed by atoms with Gasteiger partial charge in [0.15, 0.2) is 0 Å². The van der Waals surface area contributed by atoms with Crippen LogP contribution in [0.15, 0.2) is 12.1 Å². The Labute approximate surface area is 102 Å². The molecule has 0 heterocycles. The molecule has 0 fully saturated rings. The second kappa shape index (κ2) is 5.95. The quantitative estimate of drug-likeness (QED) is 0.683. The number of rotatable bonds is 4. The molecule has 1 rings (SSSR count). The van der Waals surface area contributed by atoms with E-state index in [0.29, 0.717) is 12.6 Å². The first-order valence-electron chi connectivity index (χ1n) is 5.25. The highest BCUT2D eigenvalue weighted by molar-refractivity contribution is 5.97. The van der Waals surface area contributed by atoms with Gasteiger partial charge in [-0.2, -0.15) is 0 Å². The summed E-state index contributed by atoms with van der Waals surface area (Å²) in [6.07, 6.45) is 0. The van der Waals surface area contributed by atoms with Crippen molar-refractivity contribution in [1.82, 2.24) is 10.6 Å². The molecule has 98 valence electrons. The van der Waals surface area contributed by atoms with Gasteiger partial charge in [-0.15, -0.1) is 0 Å². The van der Waals surface area contributed by atoms with Gasteiger partial charge < -0.3 is 16.4 Å². The summed E-state index contributed by atoms with van der Waals surface area (Å²) in [5, 5.41) is 4.66. The molecule has 0 spiro atoms. The lowest BCUT2D eigenvalue weighted by molar-refractivity contribution is -0.120. The van der Waals surface area contributed by atoms with Gasteiger partial charge in [0, 0.05) is 12.6 Å². The number of nitrogens with two attached hydrogens (primary N) is 1. The number of amides is 2. The minimum absolute atomic E-state index is 0.288. The molecule has 1 aromatic rings. The Bertz CT molecular complexity index is 478. The Hall–Kier alpha value is -2.18. The lowest BCUT2D eigenvalue weighted by Crippen LogP contribution is -2.37. The average molecular weight is 257 g/mol.